The SMILES string of the molecule is CC(C)/C=C\CC(C)N1CCN2/C=C(/O)COCCC2C1. The average Bonchev–Trinajstić information content (AvgIpc) is 2.42. The largest absolute Gasteiger partial charge is 0.508 e. The molecule has 0 aromatic carbocycles. The van der Waals surface area contributed by atoms with Crippen molar-refractivity contribution >= 4 is 0 Å². The minimum atomic E-state index is 0.348. The Hall–Kier alpha value is -1.00. The van der Waals surface area contributed by atoms with Gasteiger partial charge in [-0.1, -0.05) is 26.0 Å². The van der Waals surface area contributed by atoms with E-state index in [0.29, 0.717) is 30.4 Å². The molecule has 0 saturated carbocycles. The second-order valence-corrected chi connectivity index (χ2v) is 6.61. The first-order valence-electron chi connectivity index (χ1n) is 8.20. The Bertz CT molecular complexity index is 379. The van der Waals surface area contributed by atoms with Gasteiger partial charge in [0.05, 0.1) is 0 Å². The molecule has 1 N–H and O–H groups in total. The zero-order chi connectivity index (χ0) is 15.2. The summed E-state index contributed by atoms with van der Waals surface area (Å²) in [6.45, 7) is 10.9. The van der Waals surface area contributed by atoms with Crippen LogP contribution in [0.5, 0.6) is 0 Å². The summed E-state index contributed by atoms with van der Waals surface area (Å²) in [6.07, 6.45) is 8.63. The summed E-state index contributed by atoms with van der Waals surface area (Å²) in [7, 11) is 0. The molecule has 0 aromatic rings. The van der Waals surface area contributed by atoms with Gasteiger partial charge in [0.1, 0.15) is 12.4 Å². The molecule has 0 aromatic heterocycles. The van der Waals surface area contributed by atoms with Gasteiger partial charge in [-0.3, -0.25) is 4.90 Å². The average molecular weight is 294 g/mol. The summed E-state index contributed by atoms with van der Waals surface area (Å²) in [5.74, 6) is 0.978. The highest BCUT2D eigenvalue weighted by Crippen LogP contribution is 2.19. The van der Waals surface area contributed by atoms with Gasteiger partial charge in [-0.05, 0) is 25.7 Å². The van der Waals surface area contributed by atoms with Gasteiger partial charge in [0.15, 0.2) is 0 Å². The molecule has 1 fully saturated rings. The summed E-state index contributed by atoms with van der Waals surface area (Å²) in [5.41, 5.74) is 0. The van der Waals surface area contributed by atoms with Crippen molar-refractivity contribution in [1.82, 2.24) is 9.80 Å². The van der Waals surface area contributed by atoms with Crippen molar-refractivity contribution in [2.45, 2.75) is 45.7 Å². The molecule has 0 radical (unpaired) electrons. The number of ether oxygens (including phenoxy) is 1. The molecule has 0 amide bonds. The number of fused-ring (bicyclic) bond motifs is 1. The van der Waals surface area contributed by atoms with Crippen LogP contribution in [0.1, 0.15) is 33.6 Å². The second kappa shape index (κ2) is 7.85. The Morgan fingerprint density at radius 2 is 2.19 bits per heavy atom. The molecule has 0 aliphatic carbocycles. The first kappa shape index (κ1) is 16.4. The van der Waals surface area contributed by atoms with E-state index < -0.39 is 0 Å². The number of nitrogens with zero attached hydrogens (tertiary/aromatic N) is 2. The normalized spacial score (nSPS) is 28.9. The van der Waals surface area contributed by atoms with Crippen LogP contribution in [-0.4, -0.2) is 59.8 Å². The Morgan fingerprint density at radius 1 is 1.38 bits per heavy atom. The van der Waals surface area contributed by atoms with Crippen molar-refractivity contribution in [3.63, 3.8) is 0 Å². The third-order valence-electron chi connectivity index (χ3n) is 4.34. The summed E-state index contributed by atoms with van der Waals surface area (Å²) in [6, 6.07) is 1.03. The van der Waals surface area contributed by atoms with Crippen molar-refractivity contribution < 1.29 is 9.84 Å². The van der Waals surface area contributed by atoms with Crippen LogP contribution in [0.3, 0.4) is 0 Å². The maximum Gasteiger partial charge on any atom is 0.134 e. The van der Waals surface area contributed by atoms with Gasteiger partial charge in [-0.25, -0.2) is 0 Å². The van der Waals surface area contributed by atoms with Gasteiger partial charge in [-0.2, -0.15) is 0 Å². The lowest BCUT2D eigenvalue weighted by Gasteiger charge is -2.44. The number of aliphatic hydroxyl groups is 1. The number of allylic oxidation sites excluding steroid dienone is 1. The topological polar surface area (TPSA) is 35.9 Å². The Balaban J connectivity index is 1.90. The van der Waals surface area contributed by atoms with Crippen LogP contribution >= 0.6 is 0 Å². The lowest BCUT2D eigenvalue weighted by atomic mass is 10.0. The number of hydrogen-bond donors (Lipinski definition) is 1. The zero-order valence-electron chi connectivity index (χ0n) is 13.7. The van der Waals surface area contributed by atoms with Gasteiger partial charge >= 0.3 is 0 Å². The van der Waals surface area contributed by atoms with Gasteiger partial charge in [0, 0.05) is 44.5 Å². The van der Waals surface area contributed by atoms with Crippen molar-refractivity contribution in [1.29, 1.82) is 0 Å². The molecule has 0 bridgehead atoms. The van der Waals surface area contributed by atoms with E-state index in [9.17, 15) is 5.11 Å². The van der Waals surface area contributed by atoms with Gasteiger partial charge in [-0.15, -0.1) is 0 Å². The van der Waals surface area contributed by atoms with Crippen molar-refractivity contribution in [3.05, 3.63) is 24.1 Å². The standard InChI is InChI=1S/C17H30N2O2/c1-14(2)5-4-6-15(3)18-8-9-19-12-17(20)13-21-10-7-16(19)11-18/h4-5,12,14-16,20H,6-11,13H2,1-3H3/b5-4-,17-12+. The van der Waals surface area contributed by atoms with E-state index in [1.165, 1.54) is 0 Å². The molecule has 4 nitrogen and oxygen atoms in total. The fraction of sp³-hybridized carbons (Fsp3) is 0.765. The van der Waals surface area contributed by atoms with Crippen LogP contribution in [0.25, 0.3) is 0 Å². The van der Waals surface area contributed by atoms with E-state index in [1.54, 1.807) is 0 Å². The monoisotopic (exact) mass is 294 g/mol. The Morgan fingerprint density at radius 3 is 2.95 bits per heavy atom. The summed E-state index contributed by atoms with van der Waals surface area (Å²) in [4.78, 5) is 4.86. The van der Waals surface area contributed by atoms with Crippen molar-refractivity contribution in [2.24, 2.45) is 5.92 Å². The molecule has 2 rings (SSSR count). The number of hydrogen-bond acceptors (Lipinski definition) is 4. The number of rotatable bonds is 4. The maximum atomic E-state index is 9.77. The van der Waals surface area contributed by atoms with E-state index in [2.05, 4.69) is 42.7 Å². The molecule has 4 heteroatoms. The van der Waals surface area contributed by atoms with Crippen molar-refractivity contribution in [2.75, 3.05) is 32.8 Å². The van der Waals surface area contributed by atoms with Gasteiger partial charge in [0.2, 0.25) is 0 Å². The smallest absolute Gasteiger partial charge is 0.134 e. The second-order valence-electron chi connectivity index (χ2n) is 6.61. The molecule has 1 saturated heterocycles. The third-order valence-corrected chi connectivity index (χ3v) is 4.34. The van der Waals surface area contributed by atoms with Crippen LogP contribution in [0.15, 0.2) is 24.1 Å². The van der Waals surface area contributed by atoms with E-state index in [1.807, 2.05) is 6.20 Å². The molecule has 120 valence electrons. The van der Waals surface area contributed by atoms with E-state index >= 15 is 0 Å². The Labute approximate surface area is 129 Å². The first-order valence-corrected chi connectivity index (χ1v) is 8.20. The highest BCUT2D eigenvalue weighted by Gasteiger charge is 2.28. The lowest BCUT2D eigenvalue weighted by molar-refractivity contribution is 0.0376. The molecular weight excluding hydrogens is 264 g/mol. The highest BCUT2D eigenvalue weighted by atomic mass is 16.5. The number of aliphatic hydroxyl groups excluding tert-OH is 1. The summed E-state index contributed by atoms with van der Waals surface area (Å²) >= 11 is 0. The molecule has 2 atom stereocenters. The van der Waals surface area contributed by atoms with Gasteiger partial charge < -0.3 is 14.7 Å². The molecule has 2 unspecified atom stereocenters. The Kier molecular flexibility index (Phi) is 6.12. The molecule has 2 aliphatic rings. The summed E-state index contributed by atoms with van der Waals surface area (Å²) in [5, 5.41) is 9.77. The fourth-order valence-electron chi connectivity index (χ4n) is 3.04. The number of piperazine rings is 1. The quantitative estimate of drug-likeness (QED) is 0.809. The minimum absolute atomic E-state index is 0.348. The van der Waals surface area contributed by atoms with E-state index in [4.69, 9.17) is 4.74 Å². The predicted molar refractivity (Wildman–Crippen MR) is 86.3 cm³/mol. The minimum Gasteiger partial charge on any atom is -0.508 e. The highest BCUT2D eigenvalue weighted by molar-refractivity contribution is 4.99. The zero-order valence-corrected chi connectivity index (χ0v) is 13.7. The van der Waals surface area contributed by atoms with E-state index in [0.717, 1.165) is 39.1 Å². The van der Waals surface area contributed by atoms with Crippen LogP contribution in [0.2, 0.25) is 0 Å². The molecule has 0 spiro atoms. The lowest BCUT2D eigenvalue weighted by Crippen LogP contribution is -2.54. The maximum absolute atomic E-state index is 9.77. The fourth-order valence-corrected chi connectivity index (χ4v) is 3.04. The van der Waals surface area contributed by atoms with Crippen LogP contribution in [0.4, 0.5) is 0 Å². The molecule has 2 heterocycles. The van der Waals surface area contributed by atoms with Crippen LogP contribution < -0.4 is 0 Å². The van der Waals surface area contributed by atoms with E-state index in [-0.39, 0.29) is 0 Å². The molecule has 21 heavy (non-hydrogen) atoms. The van der Waals surface area contributed by atoms with Crippen LogP contribution in [-0.2, 0) is 4.74 Å². The van der Waals surface area contributed by atoms with Gasteiger partial charge in [0.25, 0.3) is 0 Å². The molecule has 2 aliphatic heterocycles. The summed E-state index contributed by atoms with van der Waals surface area (Å²) < 4.78 is 5.45. The van der Waals surface area contributed by atoms with Crippen LogP contribution in [0, 0.1) is 5.92 Å². The third kappa shape index (κ3) is 5.04. The first-order chi connectivity index (χ1) is 10.1. The molecular formula is C17H30N2O2. The van der Waals surface area contributed by atoms with Crippen molar-refractivity contribution in [3.8, 4) is 0 Å². The predicted octanol–water partition coefficient (Wildman–Crippen LogP) is 2.78.